The lowest BCUT2D eigenvalue weighted by atomic mass is 9.67. The Balaban J connectivity index is 1.02. The number of unbranched alkanes of at least 4 members (excludes halogenated alkanes) is 3. The van der Waals surface area contributed by atoms with Crippen LogP contribution in [0.3, 0.4) is 0 Å². The number of carbonyl (C=O) groups is 2. The number of para-hydroxylation sites is 1. The van der Waals surface area contributed by atoms with Crippen molar-refractivity contribution in [3.05, 3.63) is 102 Å². The maximum atomic E-state index is 14.6. The molecule has 3 aromatic rings. The molecule has 0 aromatic heterocycles. The molecular formula is C41H50N2O6. The van der Waals surface area contributed by atoms with Crippen molar-refractivity contribution in [2.24, 2.45) is 11.8 Å². The summed E-state index contributed by atoms with van der Waals surface area (Å²) in [6.07, 6.45) is 7.96. The molecule has 2 fully saturated rings. The molecule has 260 valence electrons. The van der Waals surface area contributed by atoms with Crippen LogP contribution in [0, 0.1) is 11.8 Å². The lowest BCUT2D eigenvalue weighted by molar-refractivity contribution is -0.137. The second kappa shape index (κ2) is 15.9. The Hall–Kier alpha value is -4.30. The van der Waals surface area contributed by atoms with E-state index >= 15 is 0 Å². The molecule has 0 N–H and O–H groups in total. The minimum atomic E-state index is -0.599. The van der Waals surface area contributed by atoms with E-state index in [0.717, 1.165) is 86.3 Å². The predicted octanol–water partition coefficient (Wildman–Crippen LogP) is 7.31. The summed E-state index contributed by atoms with van der Waals surface area (Å²) in [5.41, 5.74) is 3.30. The van der Waals surface area contributed by atoms with E-state index in [1.165, 1.54) is 7.11 Å². The van der Waals surface area contributed by atoms with Gasteiger partial charge in [-0.1, -0.05) is 74.7 Å². The Kier molecular flexibility index (Phi) is 11.2. The first-order chi connectivity index (χ1) is 24.0. The second-order valence-corrected chi connectivity index (χ2v) is 13.5. The van der Waals surface area contributed by atoms with E-state index in [0.29, 0.717) is 25.3 Å². The molecule has 3 aromatic carbocycles. The quantitative estimate of drug-likeness (QED) is 0.0729. The fourth-order valence-electron chi connectivity index (χ4n) is 8.34. The Morgan fingerprint density at radius 3 is 2.35 bits per heavy atom. The number of ether oxygens (including phenoxy) is 4. The van der Waals surface area contributed by atoms with Crippen LogP contribution in [0.15, 0.2) is 90.7 Å². The zero-order valence-electron chi connectivity index (χ0n) is 29.1. The van der Waals surface area contributed by atoms with Crippen LogP contribution in [0.1, 0.15) is 63.0 Å². The number of anilines is 1. The van der Waals surface area contributed by atoms with E-state index < -0.39 is 5.41 Å². The third-order valence-corrected chi connectivity index (χ3v) is 10.8. The third kappa shape index (κ3) is 7.20. The molecule has 3 aliphatic heterocycles. The number of amides is 1. The molecule has 1 amide bonds. The summed E-state index contributed by atoms with van der Waals surface area (Å²) in [6, 6.07) is 26.3. The summed E-state index contributed by atoms with van der Waals surface area (Å²) >= 11 is 0. The summed E-state index contributed by atoms with van der Waals surface area (Å²) < 4.78 is 22.4. The molecule has 6 rings (SSSR count). The van der Waals surface area contributed by atoms with Crippen molar-refractivity contribution >= 4 is 17.6 Å². The minimum Gasteiger partial charge on any atom is -0.504 e. The largest absolute Gasteiger partial charge is 0.504 e. The van der Waals surface area contributed by atoms with E-state index in [4.69, 9.17) is 18.9 Å². The lowest BCUT2D eigenvalue weighted by Gasteiger charge is -2.45. The van der Waals surface area contributed by atoms with Gasteiger partial charge in [0, 0.05) is 24.8 Å². The van der Waals surface area contributed by atoms with Crippen molar-refractivity contribution in [1.29, 1.82) is 0 Å². The first kappa shape index (κ1) is 34.6. The van der Waals surface area contributed by atoms with Crippen LogP contribution in [0.25, 0.3) is 0 Å². The summed E-state index contributed by atoms with van der Waals surface area (Å²) in [7, 11) is 2.99. The monoisotopic (exact) mass is 666 g/mol. The van der Waals surface area contributed by atoms with Crippen LogP contribution in [0.2, 0.25) is 0 Å². The Morgan fingerprint density at radius 1 is 0.898 bits per heavy atom. The number of nitrogens with zero attached hydrogens (tertiary/aromatic N) is 2. The van der Waals surface area contributed by atoms with Crippen LogP contribution in [-0.2, 0) is 31.1 Å². The molecule has 0 radical (unpaired) electrons. The molecule has 4 atom stereocenters. The zero-order chi connectivity index (χ0) is 34.2. The van der Waals surface area contributed by atoms with Crippen LogP contribution in [0.5, 0.6) is 11.5 Å². The van der Waals surface area contributed by atoms with Gasteiger partial charge < -0.3 is 23.8 Å². The van der Waals surface area contributed by atoms with Gasteiger partial charge in [-0.25, -0.2) is 4.79 Å². The molecule has 2 saturated heterocycles. The van der Waals surface area contributed by atoms with Gasteiger partial charge in [-0.2, -0.15) is 0 Å². The fraction of sp³-hybridized carbons (Fsp3) is 0.463. The highest BCUT2D eigenvalue weighted by atomic mass is 16.5. The van der Waals surface area contributed by atoms with Gasteiger partial charge in [0.1, 0.15) is 18.1 Å². The highest BCUT2D eigenvalue weighted by molar-refractivity contribution is 6.09. The number of piperidine rings is 1. The van der Waals surface area contributed by atoms with Crippen molar-refractivity contribution in [1.82, 2.24) is 4.90 Å². The van der Waals surface area contributed by atoms with Crippen molar-refractivity contribution < 1.29 is 28.5 Å². The van der Waals surface area contributed by atoms with E-state index in [1.54, 1.807) is 13.4 Å². The maximum absolute atomic E-state index is 14.6. The number of rotatable bonds is 15. The Morgan fingerprint density at radius 2 is 1.61 bits per heavy atom. The highest BCUT2D eigenvalue weighted by Crippen LogP contribution is 2.55. The Bertz CT molecular complexity index is 1590. The zero-order valence-corrected chi connectivity index (χ0v) is 29.1. The normalized spacial score (nSPS) is 23.3. The number of methoxy groups -OCH3 is 2. The maximum Gasteiger partial charge on any atom is 0.337 e. The van der Waals surface area contributed by atoms with Crippen molar-refractivity contribution in [2.75, 3.05) is 45.4 Å². The first-order valence-electron chi connectivity index (χ1n) is 17.9. The minimum absolute atomic E-state index is 0.0190. The standard InChI is InChI=1S/C41H50N2O6/c1-4-31-27-42-24-22-41(38(42)26-34(31)35(29-46-2)39(44)47-3)36-16-10-11-17-37(36)43(40(41)45)23-12-5-6-13-25-48-32-18-20-33(21-19-32)49-28-30-14-8-7-9-15-30/h7-11,14-21,29,31,34,38H,4-6,12-13,22-28H2,1-3H3/b35-29+/t31-,34?,38?,41+/m0/s1. The van der Waals surface area contributed by atoms with Crippen molar-refractivity contribution in [3.63, 3.8) is 0 Å². The number of carbonyl (C=O) groups excluding carboxylic acids is 2. The molecule has 1 spiro atoms. The second-order valence-electron chi connectivity index (χ2n) is 13.5. The van der Waals surface area contributed by atoms with Crippen molar-refractivity contribution in [2.45, 2.75) is 69.9 Å². The van der Waals surface area contributed by atoms with Crippen molar-refractivity contribution in [3.8, 4) is 11.5 Å². The average Bonchev–Trinajstić information content (AvgIpc) is 3.63. The molecular weight excluding hydrogens is 616 g/mol. The van der Waals surface area contributed by atoms with Gasteiger partial charge in [-0.15, -0.1) is 0 Å². The van der Waals surface area contributed by atoms with Gasteiger partial charge in [0.2, 0.25) is 5.91 Å². The van der Waals surface area contributed by atoms with Crippen LogP contribution < -0.4 is 14.4 Å². The molecule has 3 aliphatic rings. The lowest BCUT2D eigenvalue weighted by Crippen LogP contribution is -2.55. The molecule has 0 saturated carbocycles. The average molecular weight is 667 g/mol. The van der Waals surface area contributed by atoms with Gasteiger partial charge in [-0.05, 0) is 85.5 Å². The molecule has 49 heavy (non-hydrogen) atoms. The van der Waals surface area contributed by atoms with Crippen LogP contribution in [0.4, 0.5) is 5.69 Å². The number of esters is 1. The van der Waals surface area contributed by atoms with Gasteiger partial charge in [-0.3, -0.25) is 9.69 Å². The molecule has 0 bridgehead atoms. The smallest absolute Gasteiger partial charge is 0.337 e. The van der Waals surface area contributed by atoms with Gasteiger partial charge >= 0.3 is 5.97 Å². The number of hydrogen-bond donors (Lipinski definition) is 0. The summed E-state index contributed by atoms with van der Waals surface area (Å²) in [5, 5.41) is 0. The van der Waals surface area contributed by atoms with E-state index in [2.05, 4.69) is 42.2 Å². The number of hydrogen-bond acceptors (Lipinski definition) is 7. The molecule has 3 heterocycles. The van der Waals surface area contributed by atoms with Crippen LogP contribution >= 0.6 is 0 Å². The summed E-state index contributed by atoms with van der Waals surface area (Å²) in [6.45, 7) is 5.81. The van der Waals surface area contributed by atoms with Crippen LogP contribution in [-0.4, -0.2) is 63.3 Å². The predicted molar refractivity (Wildman–Crippen MR) is 191 cm³/mol. The Labute approximate surface area is 291 Å². The van der Waals surface area contributed by atoms with Gasteiger partial charge in [0.15, 0.2) is 0 Å². The fourth-order valence-corrected chi connectivity index (χ4v) is 8.34. The topological polar surface area (TPSA) is 77.5 Å². The van der Waals surface area contributed by atoms with E-state index in [1.807, 2.05) is 53.4 Å². The first-order valence-corrected chi connectivity index (χ1v) is 17.9. The summed E-state index contributed by atoms with van der Waals surface area (Å²) in [5.74, 6) is 1.79. The van der Waals surface area contributed by atoms with Gasteiger partial charge in [0.25, 0.3) is 0 Å². The third-order valence-electron chi connectivity index (χ3n) is 10.8. The molecule has 8 nitrogen and oxygen atoms in total. The van der Waals surface area contributed by atoms with Gasteiger partial charge in [0.05, 0.1) is 38.1 Å². The number of benzene rings is 3. The number of fused-ring (bicyclic) bond motifs is 4. The molecule has 0 aliphatic carbocycles. The van der Waals surface area contributed by atoms with E-state index in [9.17, 15) is 9.59 Å². The highest BCUT2D eigenvalue weighted by Gasteiger charge is 2.62. The summed E-state index contributed by atoms with van der Waals surface area (Å²) in [4.78, 5) is 32.0. The molecule has 2 unspecified atom stereocenters. The SMILES string of the molecule is CC[C@H]1CN2CC[C@]3(C(=O)N(CCCCCCOc4ccc(OCc5ccccc5)cc4)c4ccccc43)C2CC1/C(=C\OC)C(=O)OC. The molecule has 8 heteroatoms. The van der Waals surface area contributed by atoms with E-state index in [-0.39, 0.29) is 29.8 Å².